The van der Waals surface area contributed by atoms with E-state index in [1.54, 1.807) is 0 Å². The molecular weight excluding hydrogens is 318 g/mol. The predicted molar refractivity (Wildman–Crippen MR) is 116 cm³/mol. The van der Waals surface area contributed by atoms with E-state index in [1.807, 2.05) is 0 Å². The van der Waals surface area contributed by atoms with Gasteiger partial charge in [0.05, 0.1) is 0 Å². The fourth-order valence-electron chi connectivity index (χ4n) is 4.18. The van der Waals surface area contributed by atoms with Crippen LogP contribution in [0.25, 0.3) is 10.8 Å². The minimum absolute atomic E-state index is 0. The average Bonchev–Trinajstić information content (AvgIpc) is 2.66. The van der Waals surface area contributed by atoms with Gasteiger partial charge in [0.15, 0.2) is 0 Å². The molecule has 1 atom stereocenters. The molecule has 4 N–H and O–H groups in total. The first-order valence-corrected chi connectivity index (χ1v) is 10.4. The van der Waals surface area contributed by atoms with Crippen LogP contribution in [0.1, 0.15) is 90.0 Å². The van der Waals surface area contributed by atoms with E-state index in [4.69, 9.17) is 5.73 Å². The van der Waals surface area contributed by atoms with Crippen LogP contribution < -0.4 is 5.73 Å². The van der Waals surface area contributed by atoms with Gasteiger partial charge in [0.1, 0.15) is 0 Å². The van der Waals surface area contributed by atoms with E-state index < -0.39 is 0 Å². The zero-order valence-corrected chi connectivity index (χ0v) is 17.1. The minimum atomic E-state index is -0.104. The lowest BCUT2D eigenvalue weighted by Gasteiger charge is -2.37. The molecular formula is C24H39NO. The van der Waals surface area contributed by atoms with Gasteiger partial charge in [0.2, 0.25) is 0 Å². The lowest BCUT2D eigenvalue weighted by Crippen LogP contribution is -2.44. The first-order valence-electron chi connectivity index (χ1n) is 10.4. The minimum Gasteiger partial charge on any atom is -0.412 e. The van der Waals surface area contributed by atoms with Crippen LogP contribution >= 0.6 is 0 Å². The van der Waals surface area contributed by atoms with Crippen molar-refractivity contribution in [3.05, 3.63) is 48.0 Å². The molecule has 0 saturated heterocycles. The van der Waals surface area contributed by atoms with Crippen LogP contribution in [0.3, 0.4) is 0 Å². The van der Waals surface area contributed by atoms with Crippen molar-refractivity contribution in [3.8, 4) is 0 Å². The SMILES string of the molecule is CCCCCCCCC(c1cccc2ccccc12)C(N)(CC)CC.O. The number of rotatable bonds is 11. The lowest BCUT2D eigenvalue weighted by atomic mass is 9.72. The second-order valence-electron chi connectivity index (χ2n) is 7.62. The largest absolute Gasteiger partial charge is 0.412 e. The highest BCUT2D eigenvalue weighted by Gasteiger charge is 2.33. The molecule has 0 spiro atoms. The van der Waals surface area contributed by atoms with Crippen molar-refractivity contribution < 1.29 is 5.48 Å². The molecule has 0 heterocycles. The van der Waals surface area contributed by atoms with Crippen LogP contribution in [-0.2, 0) is 0 Å². The van der Waals surface area contributed by atoms with Crippen molar-refractivity contribution in [3.63, 3.8) is 0 Å². The van der Waals surface area contributed by atoms with Gasteiger partial charge in [0, 0.05) is 11.5 Å². The Balaban J connectivity index is 0.00000338. The summed E-state index contributed by atoms with van der Waals surface area (Å²) in [5.41, 5.74) is 8.28. The predicted octanol–water partition coefficient (Wildman–Crippen LogP) is 6.37. The average molecular weight is 358 g/mol. The summed E-state index contributed by atoms with van der Waals surface area (Å²) in [5, 5.41) is 2.72. The second kappa shape index (κ2) is 11.4. The molecule has 0 radical (unpaired) electrons. The smallest absolute Gasteiger partial charge is 0.0218 e. The first kappa shape index (κ1) is 22.7. The number of hydrogen-bond acceptors (Lipinski definition) is 1. The van der Waals surface area contributed by atoms with Crippen molar-refractivity contribution in [1.82, 2.24) is 0 Å². The molecule has 0 fully saturated rings. The van der Waals surface area contributed by atoms with Crippen LogP contribution in [0.15, 0.2) is 42.5 Å². The van der Waals surface area contributed by atoms with Gasteiger partial charge in [-0.05, 0) is 35.6 Å². The van der Waals surface area contributed by atoms with E-state index in [-0.39, 0.29) is 11.0 Å². The van der Waals surface area contributed by atoms with Crippen LogP contribution in [0, 0.1) is 0 Å². The first-order chi connectivity index (χ1) is 12.2. The Morgan fingerprint density at radius 1 is 0.808 bits per heavy atom. The van der Waals surface area contributed by atoms with Gasteiger partial charge in [-0.3, -0.25) is 0 Å². The molecule has 0 aliphatic heterocycles. The standard InChI is InChI=1S/C24H37N.H2O/c1-4-7-8-9-10-11-19-23(24(25,5-2)6-3)22-18-14-16-20-15-12-13-17-21(20)22;/h12-18,23H,4-11,19,25H2,1-3H3;1H2. The molecule has 0 aliphatic rings. The van der Waals surface area contributed by atoms with E-state index >= 15 is 0 Å². The maximum atomic E-state index is 6.93. The Morgan fingerprint density at radius 3 is 2.12 bits per heavy atom. The van der Waals surface area contributed by atoms with E-state index in [0.29, 0.717) is 5.92 Å². The van der Waals surface area contributed by atoms with Crippen molar-refractivity contribution in [2.75, 3.05) is 0 Å². The molecule has 0 amide bonds. The van der Waals surface area contributed by atoms with Crippen molar-refractivity contribution >= 4 is 10.8 Å². The molecule has 146 valence electrons. The zero-order chi connectivity index (χ0) is 18.1. The Kier molecular flexibility index (Phi) is 9.90. The fourth-order valence-corrected chi connectivity index (χ4v) is 4.18. The van der Waals surface area contributed by atoms with Gasteiger partial charge in [-0.15, -0.1) is 0 Å². The number of hydrogen-bond donors (Lipinski definition) is 1. The van der Waals surface area contributed by atoms with Gasteiger partial charge in [-0.2, -0.15) is 0 Å². The van der Waals surface area contributed by atoms with E-state index in [9.17, 15) is 0 Å². The Morgan fingerprint density at radius 2 is 1.42 bits per heavy atom. The summed E-state index contributed by atoms with van der Waals surface area (Å²) in [7, 11) is 0. The number of fused-ring (bicyclic) bond motifs is 1. The maximum Gasteiger partial charge on any atom is 0.0218 e. The van der Waals surface area contributed by atoms with E-state index in [0.717, 1.165) is 12.8 Å². The molecule has 0 bridgehead atoms. The summed E-state index contributed by atoms with van der Waals surface area (Å²) in [6.45, 7) is 6.79. The van der Waals surface area contributed by atoms with Crippen LogP contribution in [0.4, 0.5) is 0 Å². The number of nitrogens with two attached hydrogens (primary N) is 1. The van der Waals surface area contributed by atoms with Crippen LogP contribution in [-0.4, -0.2) is 11.0 Å². The number of benzene rings is 2. The van der Waals surface area contributed by atoms with E-state index in [1.165, 1.54) is 61.3 Å². The second-order valence-corrected chi connectivity index (χ2v) is 7.62. The molecule has 0 aliphatic carbocycles. The highest BCUT2D eigenvalue weighted by Crippen LogP contribution is 2.39. The van der Waals surface area contributed by atoms with Gasteiger partial charge in [0.25, 0.3) is 0 Å². The molecule has 2 rings (SSSR count). The summed E-state index contributed by atoms with van der Waals surface area (Å²) in [6.07, 6.45) is 11.3. The third kappa shape index (κ3) is 5.56. The Hall–Kier alpha value is -1.38. The molecule has 2 nitrogen and oxygen atoms in total. The normalized spacial score (nSPS) is 12.8. The molecule has 1 unspecified atom stereocenters. The van der Waals surface area contributed by atoms with Crippen molar-refractivity contribution in [2.45, 2.75) is 90.0 Å². The van der Waals surface area contributed by atoms with Gasteiger partial charge in [-0.25, -0.2) is 0 Å². The lowest BCUT2D eigenvalue weighted by molar-refractivity contribution is 0.301. The Labute approximate surface area is 160 Å². The molecule has 26 heavy (non-hydrogen) atoms. The highest BCUT2D eigenvalue weighted by molar-refractivity contribution is 5.86. The summed E-state index contributed by atoms with van der Waals surface area (Å²) in [4.78, 5) is 0. The van der Waals surface area contributed by atoms with Crippen molar-refractivity contribution in [2.24, 2.45) is 5.73 Å². The molecule has 2 aromatic rings. The topological polar surface area (TPSA) is 57.5 Å². The number of unbranched alkanes of at least 4 members (excludes halogenated alkanes) is 5. The fraction of sp³-hybridized carbons (Fsp3) is 0.583. The van der Waals surface area contributed by atoms with Crippen LogP contribution in [0.2, 0.25) is 0 Å². The molecule has 2 heteroatoms. The highest BCUT2D eigenvalue weighted by atomic mass is 16.0. The van der Waals surface area contributed by atoms with Crippen LogP contribution in [0.5, 0.6) is 0 Å². The summed E-state index contributed by atoms with van der Waals surface area (Å²) in [5.74, 6) is 0.444. The monoisotopic (exact) mass is 357 g/mol. The summed E-state index contributed by atoms with van der Waals surface area (Å²) in [6, 6.07) is 15.5. The summed E-state index contributed by atoms with van der Waals surface area (Å²) >= 11 is 0. The molecule has 2 aromatic carbocycles. The van der Waals surface area contributed by atoms with Gasteiger partial charge >= 0.3 is 0 Å². The van der Waals surface area contributed by atoms with Gasteiger partial charge < -0.3 is 11.2 Å². The quantitative estimate of drug-likeness (QED) is 0.467. The molecule has 0 aromatic heterocycles. The Bertz CT molecular complexity index is 628. The third-order valence-electron chi connectivity index (χ3n) is 6.06. The van der Waals surface area contributed by atoms with Gasteiger partial charge in [-0.1, -0.05) is 102 Å². The summed E-state index contributed by atoms with van der Waals surface area (Å²) < 4.78 is 0. The molecule has 0 saturated carbocycles. The maximum absolute atomic E-state index is 6.93. The van der Waals surface area contributed by atoms with E-state index in [2.05, 4.69) is 63.2 Å². The third-order valence-corrected chi connectivity index (χ3v) is 6.06. The zero-order valence-electron chi connectivity index (χ0n) is 17.1. The van der Waals surface area contributed by atoms with Crippen molar-refractivity contribution in [1.29, 1.82) is 0 Å².